The van der Waals surface area contributed by atoms with Gasteiger partial charge in [0.1, 0.15) is 6.54 Å². The van der Waals surface area contributed by atoms with Gasteiger partial charge in [0.2, 0.25) is 15.9 Å². The van der Waals surface area contributed by atoms with Gasteiger partial charge in [-0.25, -0.2) is 8.42 Å². The van der Waals surface area contributed by atoms with Gasteiger partial charge in [0.25, 0.3) is 0 Å². The number of carbonyl (C=O) groups excluding carboxylic acids is 1. The van der Waals surface area contributed by atoms with Gasteiger partial charge in [-0.15, -0.1) is 11.8 Å². The van der Waals surface area contributed by atoms with Crippen molar-refractivity contribution in [3.63, 3.8) is 0 Å². The second-order valence-electron chi connectivity index (χ2n) is 5.18. The molecule has 0 saturated heterocycles. The summed E-state index contributed by atoms with van der Waals surface area (Å²) in [6.45, 7) is -0.390. The smallest absolute Gasteiger partial charge is 0.245 e. The molecule has 0 aliphatic heterocycles. The van der Waals surface area contributed by atoms with E-state index in [0.717, 1.165) is 15.5 Å². The van der Waals surface area contributed by atoms with Crippen molar-refractivity contribution < 1.29 is 13.2 Å². The molecule has 0 radical (unpaired) electrons. The van der Waals surface area contributed by atoms with Crippen LogP contribution in [0.2, 0.25) is 10.0 Å². The van der Waals surface area contributed by atoms with Gasteiger partial charge in [0.15, 0.2) is 0 Å². The molecule has 0 aliphatic rings. The van der Waals surface area contributed by atoms with Crippen molar-refractivity contribution in [2.45, 2.75) is 4.90 Å². The number of anilines is 2. The lowest BCUT2D eigenvalue weighted by molar-refractivity contribution is -0.114. The largest absolute Gasteiger partial charge is 0.324 e. The molecule has 1 N–H and O–H groups in total. The highest BCUT2D eigenvalue weighted by Gasteiger charge is 2.21. The SMILES string of the molecule is CSc1cccc(NC(=O)CN(c2cc(Cl)cc(Cl)c2)S(C)(=O)=O)c1. The average Bonchev–Trinajstić information content (AvgIpc) is 2.50. The van der Waals surface area contributed by atoms with Crippen molar-refractivity contribution in [3.8, 4) is 0 Å². The van der Waals surface area contributed by atoms with Crippen LogP contribution in [0.4, 0.5) is 11.4 Å². The van der Waals surface area contributed by atoms with E-state index in [9.17, 15) is 13.2 Å². The molecule has 2 aromatic rings. The van der Waals surface area contributed by atoms with Gasteiger partial charge in [-0.3, -0.25) is 9.10 Å². The maximum atomic E-state index is 12.3. The molecule has 1 amide bonds. The van der Waals surface area contributed by atoms with E-state index in [1.54, 1.807) is 17.8 Å². The molecule has 9 heteroatoms. The fourth-order valence-electron chi connectivity index (χ4n) is 2.12. The molecular weight excluding hydrogens is 403 g/mol. The molecule has 25 heavy (non-hydrogen) atoms. The zero-order chi connectivity index (χ0) is 18.6. The highest BCUT2D eigenvalue weighted by atomic mass is 35.5. The number of halogens is 2. The zero-order valence-electron chi connectivity index (χ0n) is 13.5. The lowest BCUT2D eigenvalue weighted by Crippen LogP contribution is -2.37. The number of hydrogen-bond donors (Lipinski definition) is 1. The number of carbonyl (C=O) groups is 1. The molecule has 5 nitrogen and oxygen atoms in total. The van der Waals surface area contributed by atoms with Crippen LogP contribution in [0.15, 0.2) is 47.4 Å². The van der Waals surface area contributed by atoms with E-state index in [4.69, 9.17) is 23.2 Å². The summed E-state index contributed by atoms with van der Waals surface area (Å²) in [6.07, 6.45) is 2.94. The Bertz CT molecular complexity index is 868. The van der Waals surface area contributed by atoms with Crippen LogP contribution in [0.25, 0.3) is 0 Å². The van der Waals surface area contributed by atoms with E-state index in [0.29, 0.717) is 5.69 Å². The molecule has 0 heterocycles. The first-order valence-electron chi connectivity index (χ1n) is 7.07. The summed E-state index contributed by atoms with van der Waals surface area (Å²) < 4.78 is 25.2. The van der Waals surface area contributed by atoms with Crippen LogP contribution >= 0.6 is 35.0 Å². The summed E-state index contributed by atoms with van der Waals surface area (Å²) >= 11 is 13.4. The molecule has 0 saturated carbocycles. The molecule has 2 rings (SSSR count). The normalized spacial score (nSPS) is 11.2. The van der Waals surface area contributed by atoms with E-state index in [1.165, 1.54) is 18.2 Å². The van der Waals surface area contributed by atoms with Crippen molar-refractivity contribution >= 4 is 62.3 Å². The Labute approximate surface area is 161 Å². The minimum Gasteiger partial charge on any atom is -0.324 e. The monoisotopic (exact) mass is 418 g/mol. The van der Waals surface area contributed by atoms with Crippen molar-refractivity contribution in [3.05, 3.63) is 52.5 Å². The molecular formula is C16H16Cl2N2O3S2. The number of sulfonamides is 1. The van der Waals surface area contributed by atoms with E-state index in [-0.39, 0.29) is 22.3 Å². The van der Waals surface area contributed by atoms with Crippen LogP contribution < -0.4 is 9.62 Å². The molecule has 0 spiro atoms. The predicted molar refractivity (Wildman–Crippen MR) is 106 cm³/mol. The van der Waals surface area contributed by atoms with Crippen LogP contribution in [0, 0.1) is 0 Å². The molecule has 0 aromatic heterocycles. The Morgan fingerprint density at radius 3 is 2.36 bits per heavy atom. The number of amides is 1. The first-order valence-corrected chi connectivity index (χ1v) is 10.9. The summed E-state index contributed by atoms with van der Waals surface area (Å²) in [4.78, 5) is 13.3. The summed E-state index contributed by atoms with van der Waals surface area (Å²) in [5, 5.41) is 3.26. The van der Waals surface area contributed by atoms with Crippen LogP contribution in [-0.4, -0.2) is 33.4 Å². The number of rotatable bonds is 6. The Balaban J connectivity index is 2.23. The van der Waals surface area contributed by atoms with Crippen molar-refractivity contribution in [1.29, 1.82) is 0 Å². The van der Waals surface area contributed by atoms with E-state index < -0.39 is 15.9 Å². The highest BCUT2D eigenvalue weighted by molar-refractivity contribution is 7.98. The summed E-state index contributed by atoms with van der Waals surface area (Å²) in [5.41, 5.74) is 0.822. The van der Waals surface area contributed by atoms with E-state index in [1.807, 2.05) is 24.5 Å². The fourth-order valence-corrected chi connectivity index (χ4v) is 3.93. The molecule has 0 unspecified atom stereocenters. The second-order valence-corrected chi connectivity index (χ2v) is 8.84. The second kappa shape index (κ2) is 8.31. The van der Waals surface area contributed by atoms with Crippen molar-refractivity contribution in [2.24, 2.45) is 0 Å². The Morgan fingerprint density at radius 2 is 1.80 bits per heavy atom. The fraction of sp³-hybridized carbons (Fsp3) is 0.188. The Kier molecular flexibility index (Phi) is 6.62. The number of hydrogen-bond acceptors (Lipinski definition) is 4. The van der Waals surface area contributed by atoms with E-state index >= 15 is 0 Å². The third-order valence-corrected chi connectivity index (χ3v) is 5.48. The van der Waals surface area contributed by atoms with Gasteiger partial charge >= 0.3 is 0 Å². The summed E-state index contributed by atoms with van der Waals surface area (Å²) in [5.74, 6) is -0.472. The van der Waals surface area contributed by atoms with Gasteiger partial charge in [-0.05, 0) is 42.7 Å². The molecule has 0 aliphatic carbocycles. The maximum absolute atomic E-state index is 12.3. The third kappa shape index (κ3) is 5.81. The van der Waals surface area contributed by atoms with Crippen molar-refractivity contribution in [2.75, 3.05) is 28.7 Å². The average molecular weight is 419 g/mol. The molecule has 0 fully saturated rings. The molecule has 0 atom stereocenters. The van der Waals surface area contributed by atoms with Crippen molar-refractivity contribution in [1.82, 2.24) is 0 Å². The minimum atomic E-state index is -3.70. The maximum Gasteiger partial charge on any atom is 0.245 e. The first kappa shape index (κ1) is 19.9. The van der Waals surface area contributed by atoms with Gasteiger partial charge in [0.05, 0.1) is 11.9 Å². The zero-order valence-corrected chi connectivity index (χ0v) is 16.6. The standard InChI is InChI=1S/C16H16Cl2N2O3S2/c1-24-15-5-3-4-13(9-15)19-16(21)10-20(25(2,22)23)14-7-11(17)6-12(18)8-14/h3-9H,10H2,1-2H3,(H,19,21). The van der Waals surface area contributed by atoms with E-state index in [2.05, 4.69) is 5.32 Å². The molecule has 2 aromatic carbocycles. The Hall–Kier alpha value is -1.41. The number of thioether (sulfide) groups is 1. The quantitative estimate of drug-likeness (QED) is 0.716. The topological polar surface area (TPSA) is 66.5 Å². The summed E-state index contributed by atoms with van der Waals surface area (Å²) in [7, 11) is -3.70. The van der Waals surface area contributed by atoms with Crippen LogP contribution in [-0.2, 0) is 14.8 Å². The van der Waals surface area contributed by atoms with Crippen LogP contribution in [0.1, 0.15) is 0 Å². The summed E-state index contributed by atoms with van der Waals surface area (Å²) in [6, 6.07) is 11.6. The van der Waals surface area contributed by atoms with Gasteiger partial charge in [-0.2, -0.15) is 0 Å². The van der Waals surface area contributed by atoms with Crippen LogP contribution in [0.3, 0.4) is 0 Å². The number of nitrogens with zero attached hydrogens (tertiary/aromatic N) is 1. The predicted octanol–water partition coefficient (Wildman–Crippen LogP) is 4.12. The minimum absolute atomic E-state index is 0.230. The molecule has 0 bridgehead atoms. The third-order valence-electron chi connectivity index (χ3n) is 3.18. The van der Waals surface area contributed by atoms with Crippen LogP contribution in [0.5, 0.6) is 0 Å². The van der Waals surface area contributed by atoms with Gasteiger partial charge in [0, 0.05) is 20.6 Å². The molecule has 134 valence electrons. The Morgan fingerprint density at radius 1 is 1.16 bits per heavy atom. The lowest BCUT2D eigenvalue weighted by atomic mass is 10.3. The number of nitrogens with one attached hydrogen (secondary N) is 1. The van der Waals surface area contributed by atoms with Gasteiger partial charge in [-0.1, -0.05) is 29.3 Å². The van der Waals surface area contributed by atoms with Gasteiger partial charge < -0.3 is 5.32 Å². The first-order chi connectivity index (χ1) is 11.7. The lowest BCUT2D eigenvalue weighted by Gasteiger charge is -2.22. The number of benzene rings is 2. The highest BCUT2D eigenvalue weighted by Crippen LogP contribution is 2.27.